The highest BCUT2D eigenvalue weighted by molar-refractivity contribution is 5.98. The third kappa shape index (κ3) is 13.0. The van der Waals surface area contributed by atoms with Crippen molar-refractivity contribution in [3.63, 3.8) is 0 Å². The minimum atomic E-state index is -0.533. The average Bonchev–Trinajstić information content (AvgIpc) is 2.89. The smallest absolute Gasteiger partial charge is 0.224 e. The molecule has 3 atom stereocenters. The Morgan fingerprint density at radius 2 is 1.61 bits per heavy atom. The minimum Gasteiger partial charge on any atom is -0.372 e. The summed E-state index contributed by atoms with van der Waals surface area (Å²) in [4.78, 5) is 70.4. The van der Waals surface area contributed by atoms with Crippen molar-refractivity contribution in [1.82, 2.24) is 10.6 Å². The number of nitrogens with two attached hydrogens (primary N) is 1. The van der Waals surface area contributed by atoms with Crippen LogP contribution < -0.4 is 21.7 Å². The van der Waals surface area contributed by atoms with Gasteiger partial charge >= 0.3 is 0 Å². The van der Waals surface area contributed by atoms with E-state index in [-0.39, 0.29) is 54.3 Å². The molecule has 0 bridgehead atoms. The van der Waals surface area contributed by atoms with Crippen LogP contribution >= 0.6 is 0 Å². The van der Waals surface area contributed by atoms with Crippen molar-refractivity contribution in [2.75, 3.05) is 18.5 Å². The van der Waals surface area contributed by atoms with E-state index in [4.69, 9.17) is 10.5 Å². The van der Waals surface area contributed by atoms with E-state index < -0.39 is 18.2 Å². The number of carbonyl (C=O) groups excluding carboxylic acids is 6. The van der Waals surface area contributed by atoms with E-state index in [2.05, 4.69) is 16.0 Å². The number of benzene rings is 1. The second kappa shape index (κ2) is 17.2. The second-order valence-corrected chi connectivity index (χ2v) is 10.4. The molecular formula is C30H42N4O7. The lowest BCUT2D eigenvalue weighted by atomic mass is 9.87. The number of ether oxygens (including phenoxy) is 1. The van der Waals surface area contributed by atoms with Gasteiger partial charge in [-0.05, 0) is 68.9 Å². The first-order chi connectivity index (χ1) is 19.4. The summed E-state index contributed by atoms with van der Waals surface area (Å²) >= 11 is 0. The van der Waals surface area contributed by atoms with Gasteiger partial charge in [-0.25, -0.2) is 0 Å². The maximum atomic E-state index is 12.2. The number of rotatable bonds is 17. The van der Waals surface area contributed by atoms with Gasteiger partial charge in [-0.3, -0.25) is 28.8 Å². The molecule has 3 amide bonds. The van der Waals surface area contributed by atoms with E-state index >= 15 is 0 Å². The summed E-state index contributed by atoms with van der Waals surface area (Å²) in [6.07, 6.45) is 3.65. The van der Waals surface area contributed by atoms with Crippen LogP contribution in [0.1, 0.15) is 71.3 Å². The highest BCUT2D eigenvalue weighted by Crippen LogP contribution is 2.21. The van der Waals surface area contributed by atoms with E-state index in [0.717, 1.165) is 5.56 Å². The molecule has 0 aliphatic heterocycles. The lowest BCUT2D eigenvalue weighted by Crippen LogP contribution is -2.56. The van der Waals surface area contributed by atoms with Crippen molar-refractivity contribution in [3.8, 4) is 0 Å². The summed E-state index contributed by atoms with van der Waals surface area (Å²) in [5.41, 5.74) is 8.32. The summed E-state index contributed by atoms with van der Waals surface area (Å²) in [6.45, 7) is 4.94. The average molecular weight is 571 g/mol. The molecule has 3 unspecified atom stereocenters. The second-order valence-electron chi connectivity index (χ2n) is 10.4. The largest absolute Gasteiger partial charge is 0.372 e. The van der Waals surface area contributed by atoms with E-state index in [1.807, 2.05) is 12.1 Å². The first-order valence-corrected chi connectivity index (χ1v) is 14.0. The van der Waals surface area contributed by atoms with Gasteiger partial charge in [-0.15, -0.1) is 0 Å². The van der Waals surface area contributed by atoms with Crippen LogP contribution in [0.2, 0.25) is 0 Å². The molecule has 0 fully saturated rings. The maximum Gasteiger partial charge on any atom is 0.224 e. The molecule has 0 radical (unpaired) electrons. The third-order valence-electron chi connectivity index (χ3n) is 6.60. The van der Waals surface area contributed by atoms with E-state index in [1.165, 1.54) is 20.8 Å². The zero-order valence-corrected chi connectivity index (χ0v) is 24.1. The van der Waals surface area contributed by atoms with Gasteiger partial charge < -0.3 is 26.4 Å². The number of aryl methyl sites for hydroxylation is 1. The Morgan fingerprint density at radius 1 is 0.927 bits per heavy atom. The van der Waals surface area contributed by atoms with Gasteiger partial charge in [-0.1, -0.05) is 12.1 Å². The predicted octanol–water partition coefficient (Wildman–Crippen LogP) is 1.92. The molecule has 5 N–H and O–H groups in total. The Kier molecular flexibility index (Phi) is 14.0. The SMILES string of the molecule is CC(=O)CC(=O)CCc1ccc(NC(=O)CCCC(=O)NCCCOC2C=C(C(C)=O)CC(N)C2NC(C)=O)cc1. The molecule has 224 valence electrons. The highest BCUT2D eigenvalue weighted by atomic mass is 16.5. The zero-order chi connectivity index (χ0) is 30.4. The molecule has 0 aromatic heterocycles. The molecular weight excluding hydrogens is 528 g/mol. The molecule has 1 aromatic rings. The minimum absolute atomic E-state index is 0.0419. The zero-order valence-electron chi connectivity index (χ0n) is 24.1. The fraction of sp³-hybridized carbons (Fsp3) is 0.533. The van der Waals surface area contributed by atoms with Gasteiger partial charge in [0.25, 0.3) is 0 Å². The molecule has 1 aliphatic rings. The molecule has 11 nitrogen and oxygen atoms in total. The standard InChI is InChI=1S/C30H42N4O7/c1-19(35)16-25(38)13-10-22-8-11-24(12-9-22)34-29(40)7-4-6-28(39)32-14-5-15-41-27-18-23(20(2)36)17-26(31)30(27)33-21(3)37/h8-9,11-12,18,26-27,30H,4-7,10,13-17,31H2,1-3H3,(H,32,39)(H,33,37)(H,34,40). The predicted molar refractivity (Wildman–Crippen MR) is 154 cm³/mol. The van der Waals surface area contributed by atoms with E-state index in [1.54, 1.807) is 18.2 Å². The first kappa shape index (κ1) is 33.5. The summed E-state index contributed by atoms with van der Waals surface area (Å²) in [6, 6.07) is 6.29. The number of Topliss-reactive ketones (excluding diaryl/α,β-unsaturated/α-hetero) is 3. The quantitative estimate of drug-likeness (QED) is 0.162. The van der Waals surface area contributed by atoms with Crippen molar-refractivity contribution in [2.24, 2.45) is 5.73 Å². The molecule has 1 aliphatic carbocycles. The van der Waals surface area contributed by atoms with Gasteiger partial charge in [0, 0.05) is 51.1 Å². The molecule has 2 rings (SSSR count). The third-order valence-corrected chi connectivity index (χ3v) is 6.60. The summed E-state index contributed by atoms with van der Waals surface area (Å²) in [7, 11) is 0. The van der Waals surface area contributed by atoms with Crippen LogP contribution in [0, 0.1) is 0 Å². The summed E-state index contributed by atoms with van der Waals surface area (Å²) in [5.74, 6) is -0.912. The monoisotopic (exact) mass is 570 g/mol. The number of hydrogen-bond donors (Lipinski definition) is 4. The van der Waals surface area contributed by atoms with Crippen molar-refractivity contribution >= 4 is 40.8 Å². The van der Waals surface area contributed by atoms with Crippen LogP contribution in [0.15, 0.2) is 35.9 Å². The fourth-order valence-corrected chi connectivity index (χ4v) is 4.48. The molecule has 0 saturated heterocycles. The number of ketones is 3. The Morgan fingerprint density at radius 3 is 2.24 bits per heavy atom. The Balaban J connectivity index is 1.63. The summed E-state index contributed by atoms with van der Waals surface area (Å²) < 4.78 is 5.89. The van der Waals surface area contributed by atoms with Crippen LogP contribution in [0.3, 0.4) is 0 Å². The Labute approximate surface area is 241 Å². The number of hydrogen-bond acceptors (Lipinski definition) is 8. The molecule has 11 heteroatoms. The van der Waals surface area contributed by atoms with E-state index in [0.29, 0.717) is 56.5 Å². The fourth-order valence-electron chi connectivity index (χ4n) is 4.48. The molecule has 0 saturated carbocycles. The normalized spacial score (nSPS) is 18.1. The number of carbonyl (C=O) groups is 6. The van der Waals surface area contributed by atoms with Gasteiger partial charge in [0.1, 0.15) is 11.6 Å². The Hall–Kier alpha value is -3.70. The summed E-state index contributed by atoms with van der Waals surface area (Å²) in [5, 5.41) is 8.39. The number of nitrogens with one attached hydrogen (secondary N) is 3. The van der Waals surface area contributed by atoms with Crippen LogP contribution in [0.4, 0.5) is 5.69 Å². The van der Waals surface area contributed by atoms with Gasteiger partial charge in [0.2, 0.25) is 17.7 Å². The molecule has 0 heterocycles. The number of anilines is 1. The lowest BCUT2D eigenvalue weighted by molar-refractivity contribution is -0.126. The van der Waals surface area contributed by atoms with Crippen LogP contribution in [-0.2, 0) is 39.9 Å². The molecule has 41 heavy (non-hydrogen) atoms. The van der Waals surface area contributed by atoms with Gasteiger partial charge in [0.15, 0.2) is 5.78 Å². The maximum absolute atomic E-state index is 12.2. The van der Waals surface area contributed by atoms with Crippen molar-refractivity contribution in [2.45, 2.75) is 90.3 Å². The lowest BCUT2D eigenvalue weighted by Gasteiger charge is -2.35. The number of amides is 3. The van der Waals surface area contributed by atoms with Crippen molar-refractivity contribution in [3.05, 3.63) is 41.5 Å². The van der Waals surface area contributed by atoms with Crippen LogP contribution in [-0.4, -0.2) is 66.4 Å². The Bertz CT molecular complexity index is 1130. The highest BCUT2D eigenvalue weighted by Gasteiger charge is 2.33. The molecule has 1 aromatic carbocycles. The van der Waals surface area contributed by atoms with Gasteiger partial charge in [0.05, 0.1) is 18.6 Å². The van der Waals surface area contributed by atoms with E-state index in [9.17, 15) is 28.8 Å². The van der Waals surface area contributed by atoms with Crippen molar-refractivity contribution in [1.29, 1.82) is 0 Å². The first-order valence-electron chi connectivity index (χ1n) is 14.0. The van der Waals surface area contributed by atoms with Crippen LogP contribution in [0.25, 0.3) is 0 Å². The van der Waals surface area contributed by atoms with Crippen LogP contribution in [0.5, 0.6) is 0 Å². The topological polar surface area (TPSA) is 174 Å². The van der Waals surface area contributed by atoms with Crippen molar-refractivity contribution < 1.29 is 33.5 Å². The molecule has 0 spiro atoms. The van der Waals surface area contributed by atoms with Gasteiger partial charge in [-0.2, -0.15) is 0 Å².